The van der Waals surface area contributed by atoms with Crippen LogP contribution in [0, 0.1) is 18.6 Å². The van der Waals surface area contributed by atoms with Crippen LogP contribution in [0.15, 0.2) is 129 Å². The number of nitrogens with zero attached hydrogens (tertiary/aromatic N) is 2. The van der Waals surface area contributed by atoms with Crippen molar-refractivity contribution in [1.82, 2.24) is 9.97 Å². The highest BCUT2D eigenvalue weighted by Gasteiger charge is 2.19. The second-order valence-electron chi connectivity index (χ2n) is 10.2. The van der Waals surface area contributed by atoms with E-state index in [2.05, 4.69) is 40.3 Å². The summed E-state index contributed by atoms with van der Waals surface area (Å²) in [6.45, 7) is 14.2. The molecule has 2 aromatic heterocycles. The Kier molecular flexibility index (Phi) is 8.44. The second-order valence-corrected chi connectivity index (χ2v) is 10.2. The molecule has 0 spiro atoms. The molecule has 43 heavy (non-hydrogen) atoms. The number of hydrogen-bond acceptors (Lipinski definition) is 5. The zero-order valence-corrected chi connectivity index (χ0v) is 23.8. The molecule has 3 aromatic carbocycles. The summed E-state index contributed by atoms with van der Waals surface area (Å²) in [4.78, 5) is 8.75. The fourth-order valence-corrected chi connectivity index (χ4v) is 4.84. The van der Waals surface area contributed by atoms with Gasteiger partial charge in [-0.05, 0) is 65.6 Å². The number of rotatable bonds is 10. The SMILES string of the molecule is C=C(Cc1ccccc1)Nc1cncc(-c2ccc(N)c(C(=C)C(=C)Nc3nccc(-c4ccc(F)cc4)c3C)c2F)c1. The van der Waals surface area contributed by atoms with Gasteiger partial charge in [0.15, 0.2) is 0 Å². The summed E-state index contributed by atoms with van der Waals surface area (Å²) in [7, 11) is 0. The first-order valence-electron chi connectivity index (χ1n) is 13.6. The van der Waals surface area contributed by atoms with Gasteiger partial charge in [-0.25, -0.2) is 13.8 Å². The van der Waals surface area contributed by atoms with Crippen LogP contribution in [0.3, 0.4) is 0 Å². The largest absolute Gasteiger partial charge is 0.398 e. The van der Waals surface area contributed by atoms with Gasteiger partial charge in [-0.15, -0.1) is 0 Å². The van der Waals surface area contributed by atoms with Crippen LogP contribution in [0.4, 0.5) is 26.0 Å². The number of pyridine rings is 2. The standard InChI is InChI=1S/C36H31F2N5/c1-22(18-26-8-6-5-7-9-26)42-30-19-28(20-40-21-30)32-14-15-33(39)34(35(32)38)23(2)25(4)43-36-24(3)31(16-17-41-36)27-10-12-29(37)13-11-27/h5-17,19-21,42H,1-2,4,18,39H2,3H3,(H,41,43). The molecule has 0 aliphatic carbocycles. The third kappa shape index (κ3) is 6.52. The fraction of sp³-hybridized carbons (Fsp3) is 0.0556. The third-order valence-electron chi connectivity index (χ3n) is 7.10. The van der Waals surface area contributed by atoms with E-state index in [0.29, 0.717) is 34.8 Å². The molecule has 0 radical (unpaired) electrons. The summed E-state index contributed by atoms with van der Waals surface area (Å²) >= 11 is 0. The maximum absolute atomic E-state index is 16.1. The number of nitrogen functional groups attached to an aromatic ring is 1. The van der Waals surface area contributed by atoms with Crippen LogP contribution in [0.5, 0.6) is 0 Å². The second kappa shape index (κ2) is 12.5. The fourth-order valence-electron chi connectivity index (χ4n) is 4.84. The van der Waals surface area contributed by atoms with E-state index in [1.807, 2.05) is 49.4 Å². The Morgan fingerprint density at radius 2 is 1.58 bits per heavy atom. The van der Waals surface area contributed by atoms with Crippen molar-refractivity contribution >= 4 is 22.8 Å². The van der Waals surface area contributed by atoms with Crippen molar-refractivity contribution in [1.29, 1.82) is 0 Å². The average Bonchev–Trinajstić information content (AvgIpc) is 2.99. The van der Waals surface area contributed by atoms with Crippen molar-refractivity contribution in [2.24, 2.45) is 0 Å². The molecule has 0 unspecified atom stereocenters. The highest BCUT2D eigenvalue weighted by molar-refractivity contribution is 5.89. The van der Waals surface area contributed by atoms with E-state index in [0.717, 1.165) is 28.0 Å². The Hall–Kier alpha value is -5.56. The Bertz CT molecular complexity index is 1830. The van der Waals surface area contributed by atoms with Crippen molar-refractivity contribution in [3.05, 3.63) is 157 Å². The lowest BCUT2D eigenvalue weighted by Gasteiger charge is -2.18. The molecule has 2 heterocycles. The van der Waals surface area contributed by atoms with Crippen molar-refractivity contribution < 1.29 is 8.78 Å². The number of aromatic nitrogens is 2. The molecule has 0 amide bonds. The number of benzene rings is 3. The van der Waals surface area contributed by atoms with Crippen LogP contribution in [-0.4, -0.2) is 9.97 Å². The molecule has 0 saturated heterocycles. The van der Waals surface area contributed by atoms with Crippen LogP contribution >= 0.6 is 0 Å². The van der Waals surface area contributed by atoms with E-state index < -0.39 is 5.82 Å². The van der Waals surface area contributed by atoms with Crippen molar-refractivity contribution in [3.63, 3.8) is 0 Å². The zero-order valence-electron chi connectivity index (χ0n) is 23.8. The predicted molar refractivity (Wildman–Crippen MR) is 173 cm³/mol. The van der Waals surface area contributed by atoms with Crippen LogP contribution in [0.1, 0.15) is 16.7 Å². The Labute approximate surface area is 250 Å². The molecule has 0 aliphatic rings. The smallest absolute Gasteiger partial charge is 0.141 e. The minimum atomic E-state index is -0.542. The molecular weight excluding hydrogens is 540 g/mol. The Morgan fingerprint density at radius 1 is 0.837 bits per heavy atom. The third-order valence-corrected chi connectivity index (χ3v) is 7.10. The number of hydrogen-bond donors (Lipinski definition) is 3. The summed E-state index contributed by atoms with van der Waals surface area (Å²) in [5, 5.41) is 6.43. The van der Waals surface area contributed by atoms with Crippen molar-refractivity contribution in [2.75, 3.05) is 16.4 Å². The van der Waals surface area contributed by atoms with Gasteiger partial charge in [0.25, 0.3) is 0 Å². The zero-order chi connectivity index (χ0) is 30.5. The Balaban J connectivity index is 1.37. The highest BCUT2D eigenvalue weighted by Crippen LogP contribution is 2.36. The molecule has 7 heteroatoms. The van der Waals surface area contributed by atoms with Gasteiger partial charge in [0, 0.05) is 58.2 Å². The minimum absolute atomic E-state index is 0.134. The number of anilines is 3. The molecule has 0 aliphatic heterocycles. The quantitative estimate of drug-likeness (QED) is 0.115. The molecule has 5 aromatic rings. The summed E-state index contributed by atoms with van der Waals surface area (Å²) in [6.07, 6.45) is 5.53. The van der Waals surface area contributed by atoms with E-state index in [1.54, 1.807) is 42.9 Å². The molecule has 5 nitrogen and oxygen atoms in total. The number of nitrogens with one attached hydrogen (secondary N) is 2. The first-order chi connectivity index (χ1) is 20.7. The lowest BCUT2D eigenvalue weighted by Crippen LogP contribution is -2.08. The molecule has 214 valence electrons. The highest BCUT2D eigenvalue weighted by atomic mass is 19.1. The van der Waals surface area contributed by atoms with Gasteiger partial charge in [0.1, 0.15) is 17.5 Å². The molecule has 0 atom stereocenters. The maximum atomic E-state index is 16.1. The first-order valence-corrected chi connectivity index (χ1v) is 13.6. The molecule has 0 saturated carbocycles. The van der Waals surface area contributed by atoms with Gasteiger partial charge in [-0.1, -0.05) is 62.2 Å². The molecule has 5 rings (SSSR count). The van der Waals surface area contributed by atoms with E-state index >= 15 is 4.39 Å². The first kappa shape index (κ1) is 29.0. The van der Waals surface area contributed by atoms with Gasteiger partial charge < -0.3 is 16.4 Å². The van der Waals surface area contributed by atoms with E-state index in [1.165, 1.54) is 12.1 Å². The van der Waals surface area contributed by atoms with Gasteiger partial charge >= 0.3 is 0 Å². The van der Waals surface area contributed by atoms with E-state index in [-0.39, 0.29) is 22.6 Å². The molecule has 4 N–H and O–H groups in total. The monoisotopic (exact) mass is 571 g/mol. The van der Waals surface area contributed by atoms with Crippen LogP contribution in [0.25, 0.3) is 27.8 Å². The summed E-state index contributed by atoms with van der Waals surface area (Å²) in [5.41, 5.74) is 13.2. The van der Waals surface area contributed by atoms with Gasteiger partial charge in [0.2, 0.25) is 0 Å². The maximum Gasteiger partial charge on any atom is 0.141 e. The summed E-state index contributed by atoms with van der Waals surface area (Å²) in [6, 6.07) is 23.1. The van der Waals surface area contributed by atoms with Crippen molar-refractivity contribution in [3.8, 4) is 22.3 Å². The van der Waals surface area contributed by atoms with Crippen LogP contribution < -0.4 is 16.4 Å². The summed E-state index contributed by atoms with van der Waals surface area (Å²) < 4.78 is 29.6. The molecule has 0 fully saturated rings. The van der Waals surface area contributed by atoms with Crippen LogP contribution in [0.2, 0.25) is 0 Å². The lowest BCUT2D eigenvalue weighted by molar-refractivity contribution is 0.628. The normalized spacial score (nSPS) is 10.7. The van der Waals surface area contributed by atoms with Crippen molar-refractivity contribution in [2.45, 2.75) is 13.3 Å². The van der Waals surface area contributed by atoms with Gasteiger partial charge in [-0.2, -0.15) is 0 Å². The topological polar surface area (TPSA) is 75.9 Å². The average molecular weight is 572 g/mol. The molecule has 0 bridgehead atoms. The van der Waals surface area contributed by atoms with E-state index in [4.69, 9.17) is 5.73 Å². The molecular formula is C36H31F2N5. The van der Waals surface area contributed by atoms with Crippen LogP contribution in [-0.2, 0) is 6.42 Å². The minimum Gasteiger partial charge on any atom is -0.398 e. The Morgan fingerprint density at radius 3 is 2.33 bits per heavy atom. The number of nitrogens with two attached hydrogens (primary N) is 1. The van der Waals surface area contributed by atoms with Gasteiger partial charge in [-0.3, -0.25) is 4.98 Å². The lowest BCUT2D eigenvalue weighted by atomic mass is 9.96. The predicted octanol–water partition coefficient (Wildman–Crippen LogP) is 8.79. The van der Waals surface area contributed by atoms with Gasteiger partial charge in [0.05, 0.1) is 11.9 Å². The summed E-state index contributed by atoms with van der Waals surface area (Å²) in [5.74, 6) is -0.339. The number of halogens is 2. The number of allylic oxidation sites excluding steroid dienone is 2. The van der Waals surface area contributed by atoms with E-state index in [9.17, 15) is 4.39 Å².